The van der Waals surface area contributed by atoms with E-state index in [4.69, 9.17) is 10.00 Å². The molecule has 0 aliphatic heterocycles. The molecule has 1 amide bonds. The summed E-state index contributed by atoms with van der Waals surface area (Å²) in [7, 11) is 1.28. The van der Waals surface area contributed by atoms with Crippen molar-refractivity contribution in [1.82, 2.24) is 4.98 Å². The first-order valence-corrected chi connectivity index (χ1v) is 6.28. The van der Waals surface area contributed by atoms with Crippen molar-refractivity contribution in [2.45, 2.75) is 6.18 Å². The third-order valence-electron chi connectivity index (χ3n) is 2.91. The number of ether oxygens (including phenoxy) is 1. The summed E-state index contributed by atoms with van der Waals surface area (Å²) >= 11 is 0. The van der Waals surface area contributed by atoms with Gasteiger partial charge in [0.2, 0.25) is 0 Å². The second-order valence-electron chi connectivity index (χ2n) is 4.41. The van der Waals surface area contributed by atoms with E-state index >= 15 is 0 Å². The Kier molecular flexibility index (Phi) is 4.50. The molecule has 1 aromatic carbocycles. The van der Waals surface area contributed by atoms with Gasteiger partial charge in [-0.25, -0.2) is 4.98 Å². The van der Waals surface area contributed by atoms with Crippen molar-refractivity contribution in [3.05, 3.63) is 53.3 Å². The molecule has 118 valence electrons. The molecule has 0 bridgehead atoms. The highest BCUT2D eigenvalue weighted by Gasteiger charge is 2.31. The van der Waals surface area contributed by atoms with Gasteiger partial charge in [0.1, 0.15) is 17.5 Å². The Labute approximate surface area is 129 Å². The predicted octanol–water partition coefficient (Wildman–Crippen LogP) is 3.23. The van der Waals surface area contributed by atoms with Gasteiger partial charge in [-0.05, 0) is 30.3 Å². The maximum absolute atomic E-state index is 12.8. The van der Waals surface area contributed by atoms with Gasteiger partial charge < -0.3 is 10.1 Å². The van der Waals surface area contributed by atoms with Crippen LogP contribution >= 0.6 is 0 Å². The summed E-state index contributed by atoms with van der Waals surface area (Å²) in [5.41, 5.74) is -0.923. The third kappa shape index (κ3) is 3.77. The number of hydrogen-bond acceptors (Lipinski definition) is 4. The first kappa shape index (κ1) is 16.3. The van der Waals surface area contributed by atoms with Crippen LogP contribution in [0.4, 0.5) is 18.9 Å². The molecule has 0 radical (unpaired) electrons. The van der Waals surface area contributed by atoms with Crippen LogP contribution < -0.4 is 10.1 Å². The van der Waals surface area contributed by atoms with Crippen molar-refractivity contribution in [3.8, 4) is 11.8 Å². The number of aromatic nitrogens is 1. The number of benzene rings is 1. The van der Waals surface area contributed by atoms with E-state index < -0.39 is 17.6 Å². The zero-order valence-corrected chi connectivity index (χ0v) is 11.8. The molecular formula is C15H10F3N3O2. The summed E-state index contributed by atoms with van der Waals surface area (Å²) in [6.45, 7) is 0. The van der Waals surface area contributed by atoms with Crippen molar-refractivity contribution in [2.75, 3.05) is 12.4 Å². The van der Waals surface area contributed by atoms with Crippen LogP contribution in [0.1, 0.15) is 21.6 Å². The van der Waals surface area contributed by atoms with E-state index in [1.807, 2.05) is 0 Å². The van der Waals surface area contributed by atoms with E-state index in [-0.39, 0.29) is 22.7 Å². The number of amides is 1. The number of hydrogen-bond donors (Lipinski definition) is 1. The predicted molar refractivity (Wildman–Crippen MR) is 74.9 cm³/mol. The summed E-state index contributed by atoms with van der Waals surface area (Å²) in [5.74, 6) is -0.595. The minimum absolute atomic E-state index is 0.0219. The number of anilines is 1. The van der Waals surface area contributed by atoms with E-state index in [9.17, 15) is 18.0 Å². The number of pyridine rings is 1. The molecule has 2 aromatic rings. The largest absolute Gasteiger partial charge is 0.495 e. The van der Waals surface area contributed by atoms with Crippen LogP contribution in [0.25, 0.3) is 0 Å². The van der Waals surface area contributed by atoms with Gasteiger partial charge in [0, 0.05) is 11.8 Å². The molecule has 1 heterocycles. The average Bonchev–Trinajstić information content (AvgIpc) is 2.54. The lowest BCUT2D eigenvalue weighted by atomic mass is 10.1. The van der Waals surface area contributed by atoms with Gasteiger partial charge in [0.05, 0.1) is 18.4 Å². The van der Waals surface area contributed by atoms with Gasteiger partial charge in [-0.15, -0.1) is 0 Å². The second-order valence-corrected chi connectivity index (χ2v) is 4.41. The number of nitriles is 1. The van der Waals surface area contributed by atoms with Gasteiger partial charge in [-0.2, -0.15) is 18.4 Å². The summed E-state index contributed by atoms with van der Waals surface area (Å²) in [6.07, 6.45) is -3.28. The second kappa shape index (κ2) is 6.36. The molecule has 2 rings (SSSR count). The van der Waals surface area contributed by atoms with Gasteiger partial charge in [-0.3, -0.25) is 4.79 Å². The number of nitrogens with one attached hydrogen (secondary N) is 1. The van der Waals surface area contributed by atoms with Crippen molar-refractivity contribution in [1.29, 1.82) is 5.26 Å². The van der Waals surface area contributed by atoms with Crippen LogP contribution in [0.2, 0.25) is 0 Å². The van der Waals surface area contributed by atoms with Crippen LogP contribution in [-0.2, 0) is 6.18 Å². The van der Waals surface area contributed by atoms with Crippen molar-refractivity contribution >= 4 is 11.6 Å². The van der Waals surface area contributed by atoms with E-state index in [0.29, 0.717) is 0 Å². The van der Waals surface area contributed by atoms with Crippen molar-refractivity contribution < 1.29 is 22.7 Å². The van der Waals surface area contributed by atoms with E-state index in [0.717, 1.165) is 18.2 Å². The van der Waals surface area contributed by atoms with E-state index in [2.05, 4.69) is 10.3 Å². The van der Waals surface area contributed by atoms with Gasteiger partial charge >= 0.3 is 6.18 Å². The van der Waals surface area contributed by atoms with Gasteiger partial charge in [-0.1, -0.05) is 0 Å². The first-order chi connectivity index (χ1) is 10.8. The highest BCUT2D eigenvalue weighted by atomic mass is 19.4. The minimum atomic E-state index is -4.55. The number of methoxy groups -OCH3 is 1. The van der Waals surface area contributed by atoms with Crippen LogP contribution in [-0.4, -0.2) is 18.0 Å². The molecule has 0 atom stereocenters. The summed E-state index contributed by atoms with van der Waals surface area (Å²) < 4.78 is 43.2. The molecule has 1 N–H and O–H groups in total. The lowest BCUT2D eigenvalue weighted by molar-refractivity contribution is -0.137. The molecule has 5 nitrogen and oxygen atoms in total. The smallest absolute Gasteiger partial charge is 0.416 e. The van der Waals surface area contributed by atoms with Crippen molar-refractivity contribution in [2.24, 2.45) is 0 Å². The average molecular weight is 321 g/mol. The highest BCUT2D eigenvalue weighted by molar-refractivity contribution is 6.05. The number of rotatable bonds is 3. The van der Waals surface area contributed by atoms with Crippen LogP contribution in [0.15, 0.2) is 36.5 Å². The third-order valence-corrected chi connectivity index (χ3v) is 2.91. The molecule has 0 saturated heterocycles. The lowest BCUT2D eigenvalue weighted by Crippen LogP contribution is -2.14. The lowest BCUT2D eigenvalue weighted by Gasteiger charge is -2.13. The van der Waals surface area contributed by atoms with Crippen LogP contribution in [0, 0.1) is 11.3 Å². The molecule has 1 aromatic heterocycles. The molecule has 0 aliphatic carbocycles. The summed E-state index contributed by atoms with van der Waals surface area (Å²) in [5, 5.41) is 11.1. The zero-order chi connectivity index (χ0) is 17.0. The fourth-order valence-electron chi connectivity index (χ4n) is 1.81. The normalized spacial score (nSPS) is 10.7. The van der Waals surface area contributed by atoms with Gasteiger partial charge in [0.25, 0.3) is 5.91 Å². The minimum Gasteiger partial charge on any atom is -0.495 e. The number of carbonyl (C=O) groups is 1. The summed E-state index contributed by atoms with van der Waals surface area (Å²) in [4.78, 5) is 15.8. The number of nitrogens with zero attached hydrogens (tertiary/aromatic N) is 2. The zero-order valence-electron chi connectivity index (χ0n) is 11.8. The Morgan fingerprint density at radius 3 is 2.65 bits per heavy atom. The Bertz CT molecular complexity index is 782. The van der Waals surface area contributed by atoms with E-state index in [1.165, 1.54) is 25.4 Å². The van der Waals surface area contributed by atoms with Gasteiger partial charge in [0.15, 0.2) is 0 Å². The maximum atomic E-state index is 12.8. The van der Waals surface area contributed by atoms with Crippen LogP contribution in [0.5, 0.6) is 5.75 Å². The Morgan fingerprint density at radius 2 is 2.04 bits per heavy atom. The molecule has 0 aliphatic rings. The molecule has 23 heavy (non-hydrogen) atoms. The highest BCUT2D eigenvalue weighted by Crippen LogP contribution is 2.35. The number of carbonyl (C=O) groups excluding carboxylic acids is 1. The quantitative estimate of drug-likeness (QED) is 0.942. The molecule has 0 fully saturated rings. The molecule has 0 unspecified atom stereocenters. The molecule has 0 spiro atoms. The standard InChI is InChI=1S/C15H10F3N3O2/c1-23-13-3-2-10(15(16,17)18)7-12(13)21-14(22)9-4-5-20-11(6-9)8-19/h2-7H,1H3,(H,21,22). The van der Waals surface area contributed by atoms with E-state index in [1.54, 1.807) is 6.07 Å². The maximum Gasteiger partial charge on any atom is 0.416 e. The Balaban J connectivity index is 2.34. The molecule has 0 saturated carbocycles. The number of alkyl halides is 3. The summed E-state index contributed by atoms with van der Waals surface area (Å²) in [6, 6.07) is 7.10. The Hall–Kier alpha value is -3.08. The fourth-order valence-corrected chi connectivity index (χ4v) is 1.81. The molecule has 8 heteroatoms. The molecular weight excluding hydrogens is 311 g/mol. The number of halogens is 3. The van der Waals surface area contributed by atoms with Crippen LogP contribution in [0.3, 0.4) is 0 Å². The monoisotopic (exact) mass is 321 g/mol. The van der Waals surface area contributed by atoms with Crippen molar-refractivity contribution in [3.63, 3.8) is 0 Å². The SMILES string of the molecule is COc1ccc(C(F)(F)F)cc1NC(=O)c1ccnc(C#N)c1. The Morgan fingerprint density at radius 1 is 1.30 bits per heavy atom. The topological polar surface area (TPSA) is 75.0 Å². The first-order valence-electron chi connectivity index (χ1n) is 6.28. The fraction of sp³-hybridized carbons (Fsp3) is 0.133.